The molecule has 1 amide bonds. The predicted molar refractivity (Wildman–Crippen MR) is 74.2 cm³/mol. The van der Waals surface area contributed by atoms with Crippen LogP contribution in [0.2, 0.25) is 0 Å². The number of nitrogens with one attached hydrogen (secondary N) is 1. The molecular weight excluding hydrogens is 266 g/mol. The second-order valence-corrected chi connectivity index (χ2v) is 5.07. The lowest BCUT2D eigenvalue weighted by atomic mass is 10.3. The molecule has 0 spiro atoms. The van der Waals surface area contributed by atoms with Crippen LogP contribution in [0.5, 0.6) is 0 Å². The van der Waals surface area contributed by atoms with Crippen LogP contribution in [0.4, 0.5) is 5.69 Å². The zero-order chi connectivity index (χ0) is 13.8. The van der Waals surface area contributed by atoms with Gasteiger partial charge in [-0.05, 0) is 12.1 Å². The summed E-state index contributed by atoms with van der Waals surface area (Å²) in [7, 11) is 1.49. The topological polar surface area (TPSA) is 97.5 Å². The molecule has 102 valence electrons. The molecule has 0 saturated carbocycles. The standard InChI is InChI=1S/C12H15N3O3S/c1-18-6-7(16)5-15-12(17)11-9(13)10-8(19-11)3-2-4-14-10/h2-4,7,16H,5-6,13H2,1H3,(H,15,17). The number of aromatic nitrogens is 1. The van der Waals surface area contributed by atoms with Crippen LogP contribution in [0.1, 0.15) is 9.67 Å². The van der Waals surface area contributed by atoms with Gasteiger partial charge in [0.05, 0.1) is 23.1 Å². The summed E-state index contributed by atoms with van der Waals surface area (Å²) in [6.45, 7) is 0.289. The normalized spacial score (nSPS) is 12.5. The monoisotopic (exact) mass is 281 g/mol. The molecular formula is C12H15N3O3S. The fraction of sp³-hybridized carbons (Fsp3) is 0.333. The predicted octanol–water partition coefficient (Wildman–Crippen LogP) is 0.616. The first-order valence-electron chi connectivity index (χ1n) is 5.71. The maximum Gasteiger partial charge on any atom is 0.263 e. The Kier molecular flexibility index (Phi) is 4.31. The molecule has 0 fully saturated rings. The highest BCUT2D eigenvalue weighted by Crippen LogP contribution is 2.31. The number of anilines is 1. The van der Waals surface area contributed by atoms with E-state index in [1.54, 1.807) is 12.3 Å². The van der Waals surface area contributed by atoms with E-state index in [0.717, 1.165) is 4.70 Å². The van der Waals surface area contributed by atoms with E-state index in [2.05, 4.69) is 10.3 Å². The van der Waals surface area contributed by atoms with E-state index in [4.69, 9.17) is 10.5 Å². The summed E-state index contributed by atoms with van der Waals surface area (Å²) in [5.74, 6) is -0.310. The molecule has 0 saturated heterocycles. The molecule has 0 bridgehead atoms. The summed E-state index contributed by atoms with van der Waals surface area (Å²) in [6, 6.07) is 3.65. The first-order chi connectivity index (χ1) is 9.13. The van der Waals surface area contributed by atoms with Crippen molar-refractivity contribution in [3.05, 3.63) is 23.2 Å². The molecule has 2 aromatic heterocycles. The number of hydrogen-bond donors (Lipinski definition) is 3. The number of hydrogen-bond acceptors (Lipinski definition) is 6. The van der Waals surface area contributed by atoms with Crippen LogP contribution in [-0.4, -0.2) is 42.4 Å². The van der Waals surface area contributed by atoms with Gasteiger partial charge in [-0.15, -0.1) is 11.3 Å². The van der Waals surface area contributed by atoms with E-state index in [1.807, 2.05) is 6.07 Å². The number of aliphatic hydroxyl groups excluding tert-OH is 1. The third-order valence-electron chi connectivity index (χ3n) is 2.55. The van der Waals surface area contributed by atoms with E-state index in [1.165, 1.54) is 18.4 Å². The molecule has 0 aromatic carbocycles. The lowest BCUT2D eigenvalue weighted by Crippen LogP contribution is -2.34. The fourth-order valence-electron chi connectivity index (χ4n) is 1.66. The smallest absolute Gasteiger partial charge is 0.263 e. The number of nitrogen functional groups attached to an aromatic ring is 1. The van der Waals surface area contributed by atoms with Crippen LogP contribution in [0, 0.1) is 0 Å². The number of rotatable bonds is 5. The summed E-state index contributed by atoms with van der Waals surface area (Å²) >= 11 is 1.28. The Bertz CT molecular complexity index is 585. The highest BCUT2D eigenvalue weighted by Gasteiger charge is 2.17. The Hall–Kier alpha value is -1.70. The third-order valence-corrected chi connectivity index (χ3v) is 3.70. The summed E-state index contributed by atoms with van der Waals surface area (Å²) in [6.07, 6.45) is 0.901. The van der Waals surface area contributed by atoms with Gasteiger partial charge in [-0.2, -0.15) is 0 Å². The van der Waals surface area contributed by atoms with E-state index in [-0.39, 0.29) is 19.1 Å². The number of amides is 1. The molecule has 19 heavy (non-hydrogen) atoms. The molecule has 0 aliphatic heterocycles. The quantitative estimate of drug-likeness (QED) is 0.746. The molecule has 6 nitrogen and oxygen atoms in total. The van der Waals surface area contributed by atoms with Crippen molar-refractivity contribution in [3.63, 3.8) is 0 Å². The highest BCUT2D eigenvalue weighted by atomic mass is 32.1. The van der Waals surface area contributed by atoms with Gasteiger partial charge in [-0.1, -0.05) is 0 Å². The number of ether oxygens (including phenoxy) is 1. The van der Waals surface area contributed by atoms with Crippen molar-refractivity contribution in [2.45, 2.75) is 6.10 Å². The fourth-order valence-corrected chi connectivity index (χ4v) is 2.66. The minimum Gasteiger partial charge on any atom is -0.396 e. The number of nitrogens with two attached hydrogens (primary N) is 1. The average Bonchev–Trinajstić information content (AvgIpc) is 2.74. The highest BCUT2D eigenvalue weighted by molar-refractivity contribution is 7.21. The van der Waals surface area contributed by atoms with E-state index in [0.29, 0.717) is 16.1 Å². The van der Waals surface area contributed by atoms with Crippen molar-refractivity contribution in [2.75, 3.05) is 26.0 Å². The SMILES string of the molecule is COCC(O)CNC(=O)c1sc2cccnc2c1N. The Balaban J connectivity index is 2.11. The van der Waals surface area contributed by atoms with Gasteiger partial charge in [-0.25, -0.2) is 0 Å². The van der Waals surface area contributed by atoms with Crippen molar-refractivity contribution in [1.29, 1.82) is 0 Å². The number of thiophene rings is 1. The Morgan fingerprint density at radius 1 is 1.68 bits per heavy atom. The van der Waals surface area contributed by atoms with Gasteiger partial charge >= 0.3 is 0 Å². The lowest BCUT2D eigenvalue weighted by Gasteiger charge is -2.10. The van der Waals surface area contributed by atoms with Crippen LogP contribution < -0.4 is 11.1 Å². The second kappa shape index (κ2) is 5.96. The Morgan fingerprint density at radius 2 is 2.47 bits per heavy atom. The van der Waals surface area contributed by atoms with Crippen molar-refractivity contribution in [3.8, 4) is 0 Å². The second-order valence-electron chi connectivity index (χ2n) is 4.01. The van der Waals surface area contributed by atoms with Crippen LogP contribution in [0.3, 0.4) is 0 Å². The molecule has 2 aromatic rings. The third kappa shape index (κ3) is 3.01. The van der Waals surface area contributed by atoms with Crippen molar-refractivity contribution < 1.29 is 14.6 Å². The number of methoxy groups -OCH3 is 1. The number of carbonyl (C=O) groups excluding carboxylic acids is 1. The molecule has 2 rings (SSSR count). The number of aliphatic hydroxyl groups is 1. The van der Waals surface area contributed by atoms with Crippen LogP contribution in [0.15, 0.2) is 18.3 Å². The van der Waals surface area contributed by atoms with Gasteiger partial charge in [0.25, 0.3) is 5.91 Å². The maximum atomic E-state index is 12.0. The molecule has 0 radical (unpaired) electrons. The zero-order valence-electron chi connectivity index (χ0n) is 10.4. The maximum absolute atomic E-state index is 12.0. The van der Waals surface area contributed by atoms with Gasteiger partial charge in [-0.3, -0.25) is 9.78 Å². The van der Waals surface area contributed by atoms with E-state index in [9.17, 15) is 9.90 Å². The Labute approximate surface area is 114 Å². The minimum absolute atomic E-state index is 0.119. The van der Waals surface area contributed by atoms with Crippen molar-refractivity contribution >= 4 is 33.1 Å². The molecule has 0 aliphatic carbocycles. The average molecular weight is 281 g/mol. The summed E-state index contributed by atoms with van der Waals surface area (Å²) in [5, 5.41) is 12.1. The summed E-state index contributed by atoms with van der Waals surface area (Å²) < 4.78 is 5.64. The minimum atomic E-state index is -0.734. The van der Waals surface area contributed by atoms with Gasteiger partial charge in [0.2, 0.25) is 0 Å². The van der Waals surface area contributed by atoms with Gasteiger partial charge in [0, 0.05) is 19.9 Å². The summed E-state index contributed by atoms with van der Waals surface area (Å²) in [5.41, 5.74) is 6.91. The molecule has 0 aliphatic rings. The molecule has 4 N–H and O–H groups in total. The molecule has 7 heteroatoms. The molecule has 2 heterocycles. The van der Waals surface area contributed by atoms with Crippen LogP contribution in [-0.2, 0) is 4.74 Å². The first-order valence-corrected chi connectivity index (χ1v) is 6.53. The van der Waals surface area contributed by atoms with Gasteiger partial charge < -0.3 is 20.9 Å². The van der Waals surface area contributed by atoms with Crippen molar-refractivity contribution in [2.24, 2.45) is 0 Å². The van der Waals surface area contributed by atoms with Gasteiger partial charge in [0.1, 0.15) is 10.4 Å². The lowest BCUT2D eigenvalue weighted by molar-refractivity contribution is 0.0611. The van der Waals surface area contributed by atoms with Gasteiger partial charge in [0.15, 0.2) is 0 Å². The van der Waals surface area contributed by atoms with Crippen LogP contribution in [0.25, 0.3) is 10.2 Å². The number of nitrogens with zero attached hydrogens (tertiary/aromatic N) is 1. The van der Waals surface area contributed by atoms with E-state index < -0.39 is 6.10 Å². The van der Waals surface area contributed by atoms with Crippen LogP contribution >= 0.6 is 11.3 Å². The Morgan fingerprint density at radius 3 is 3.16 bits per heavy atom. The number of pyridine rings is 1. The largest absolute Gasteiger partial charge is 0.396 e. The van der Waals surface area contributed by atoms with E-state index >= 15 is 0 Å². The van der Waals surface area contributed by atoms with Crippen molar-refractivity contribution in [1.82, 2.24) is 10.3 Å². The first kappa shape index (κ1) is 13.7. The number of carbonyl (C=O) groups is 1. The molecule has 1 atom stereocenters. The summed E-state index contributed by atoms with van der Waals surface area (Å²) in [4.78, 5) is 16.5. The number of fused-ring (bicyclic) bond motifs is 1. The zero-order valence-corrected chi connectivity index (χ0v) is 11.2. The molecule has 1 unspecified atom stereocenters.